The zero-order valence-electron chi connectivity index (χ0n) is 10.3. The van der Waals surface area contributed by atoms with Crippen LogP contribution in [0.2, 0.25) is 0 Å². The molecule has 0 aliphatic heterocycles. The van der Waals surface area contributed by atoms with Gasteiger partial charge >= 0.3 is 0 Å². The summed E-state index contributed by atoms with van der Waals surface area (Å²) in [5.74, 6) is 1.44. The highest BCUT2D eigenvalue weighted by Gasteiger charge is 2.12. The van der Waals surface area contributed by atoms with Crippen LogP contribution in [0.1, 0.15) is 11.1 Å². The van der Waals surface area contributed by atoms with Crippen molar-refractivity contribution in [1.82, 2.24) is 0 Å². The first kappa shape index (κ1) is 13.4. The maximum absolute atomic E-state index is 10.9. The average Bonchev–Trinajstić information content (AvgIpc) is 2.41. The summed E-state index contributed by atoms with van der Waals surface area (Å²) in [6.45, 7) is 1.69. The topological polar surface area (TPSA) is 52.4 Å². The second kappa shape index (κ2) is 5.71. The summed E-state index contributed by atoms with van der Waals surface area (Å²) >= 11 is 5.74. The Bertz CT molecular complexity index is 613. The van der Waals surface area contributed by atoms with Crippen LogP contribution in [0.3, 0.4) is 0 Å². The number of hydrogen-bond donors (Lipinski definition) is 0. The van der Waals surface area contributed by atoms with E-state index in [0.29, 0.717) is 22.9 Å². The van der Waals surface area contributed by atoms with Gasteiger partial charge in [0.1, 0.15) is 11.5 Å². The van der Waals surface area contributed by atoms with Gasteiger partial charge < -0.3 is 4.74 Å². The van der Waals surface area contributed by atoms with Crippen molar-refractivity contribution >= 4 is 17.3 Å². The Hall–Kier alpha value is -2.07. The van der Waals surface area contributed by atoms with E-state index in [1.54, 1.807) is 31.2 Å². The van der Waals surface area contributed by atoms with Crippen LogP contribution >= 0.6 is 11.6 Å². The third-order valence-electron chi connectivity index (χ3n) is 2.67. The van der Waals surface area contributed by atoms with E-state index in [1.165, 1.54) is 6.07 Å². The van der Waals surface area contributed by atoms with E-state index in [2.05, 4.69) is 0 Å². The zero-order valence-corrected chi connectivity index (χ0v) is 11.1. The summed E-state index contributed by atoms with van der Waals surface area (Å²) < 4.78 is 5.60. The standard InChI is InChI=1S/C14H12ClNO3/c1-10-5-6-13(8-14(10)16(17)18)19-12-4-2-3-11(7-12)9-15/h2-8H,9H2,1H3. The van der Waals surface area contributed by atoms with E-state index in [4.69, 9.17) is 16.3 Å². The molecule has 4 nitrogen and oxygen atoms in total. The van der Waals surface area contributed by atoms with E-state index in [9.17, 15) is 10.1 Å². The summed E-state index contributed by atoms with van der Waals surface area (Å²) in [6, 6.07) is 12.1. The van der Waals surface area contributed by atoms with Crippen molar-refractivity contribution in [2.75, 3.05) is 0 Å². The van der Waals surface area contributed by atoms with Crippen molar-refractivity contribution in [3.05, 3.63) is 63.7 Å². The maximum Gasteiger partial charge on any atom is 0.276 e. The van der Waals surface area contributed by atoms with Gasteiger partial charge in [-0.25, -0.2) is 0 Å². The molecule has 0 spiro atoms. The number of benzene rings is 2. The molecule has 0 aromatic heterocycles. The molecular formula is C14H12ClNO3. The predicted molar refractivity (Wildman–Crippen MR) is 73.9 cm³/mol. The second-order valence-electron chi connectivity index (χ2n) is 4.09. The quantitative estimate of drug-likeness (QED) is 0.472. The molecule has 5 heteroatoms. The smallest absolute Gasteiger partial charge is 0.276 e. The first-order valence-corrected chi connectivity index (χ1v) is 6.21. The molecule has 0 aliphatic rings. The Kier molecular flexibility index (Phi) is 4.02. The highest BCUT2D eigenvalue weighted by atomic mass is 35.5. The highest BCUT2D eigenvalue weighted by molar-refractivity contribution is 6.17. The molecular weight excluding hydrogens is 266 g/mol. The lowest BCUT2D eigenvalue weighted by atomic mass is 10.2. The number of halogens is 1. The van der Waals surface area contributed by atoms with Gasteiger partial charge in [0.2, 0.25) is 0 Å². The molecule has 98 valence electrons. The van der Waals surface area contributed by atoms with Crippen LogP contribution in [-0.4, -0.2) is 4.92 Å². The summed E-state index contributed by atoms with van der Waals surface area (Å²) in [7, 11) is 0. The minimum Gasteiger partial charge on any atom is -0.457 e. The fourth-order valence-corrected chi connectivity index (χ4v) is 1.84. The lowest BCUT2D eigenvalue weighted by Gasteiger charge is -2.07. The lowest BCUT2D eigenvalue weighted by Crippen LogP contribution is -1.93. The number of alkyl halides is 1. The van der Waals surface area contributed by atoms with Crippen LogP contribution in [0.4, 0.5) is 5.69 Å². The van der Waals surface area contributed by atoms with Crippen molar-refractivity contribution in [2.45, 2.75) is 12.8 Å². The Morgan fingerprint density at radius 2 is 1.95 bits per heavy atom. The fourth-order valence-electron chi connectivity index (χ4n) is 1.68. The van der Waals surface area contributed by atoms with E-state index in [-0.39, 0.29) is 5.69 Å². The predicted octanol–water partition coefficient (Wildman–Crippen LogP) is 4.43. The fraction of sp³-hybridized carbons (Fsp3) is 0.143. The van der Waals surface area contributed by atoms with Gasteiger partial charge in [-0.15, -0.1) is 11.6 Å². The SMILES string of the molecule is Cc1ccc(Oc2cccc(CCl)c2)cc1[N+](=O)[O-]. The average molecular weight is 278 g/mol. The Morgan fingerprint density at radius 3 is 2.63 bits per heavy atom. The number of nitro benzene ring substituents is 1. The molecule has 0 aliphatic carbocycles. The maximum atomic E-state index is 10.9. The van der Waals surface area contributed by atoms with Crippen molar-refractivity contribution in [1.29, 1.82) is 0 Å². The van der Waals surface area contributed by atoms with Crippen molar-refractivity contribution in [3.63, 3.8) is 0 Å². The van der Waals surface area contributed by atoms with Crippen molar-refractivity contribution in [2.24, 2.45) is 0 Å². The number of nitrogens with zero attached hydrogens (tertiary/aromatic N) is 1. The van der Waals surface area contributed by atoms with Gasteiger partial charge in [-0.2, -0.15) is 0 Å². The summed E-state index contributed by atoms with van der Waals surface area (Å²) in [6.07, 6.45) is 0. The van der Waals surface area contributed by atoms with Crippen LogP contribution in [0, 0.1) is 17.0 Å². The van der Waals surface area contributed by atoms with Crippen molar-refractivity contribution < 1.29 is 9.66 Å². The number of hydrogen-bond acceptors (Lipinski definition) is 3. The van der Waals surface area contributed by atoms with Gasteiger partial charge in [0.25, 0.3) is 5.69 Å². The summed E-state index contributed by atoms with van der Waals surface area (Å²) in [5, 5.41) is 10.9. The van der Waals surface area contributed by atoms with E-state index < -0.39 is 4.92 Å². The normalized spacial score (nSPS) is 10.2. The Morgan fingerprint density at radius 1 is 1.21 bits per heavy atom. The summed E-state index contributed by atoms with van der Waals surface area (Å²) in [4.78, 5) is 10.4. The van der Waals surface area contributed by atoms with Gasteiger partial charge in [0.05, 0.1) is 11.0 Å². The molecule has 0 unspecified atom stereocenters. The van der Waals surface area contributed by atoms with Crippen LogP contribution in [0.5, 0.6) is 11.5 Å². The molecule has 0 atom stereocenters. The van der Waals surface area contributed by atoms with E-state index in [1.807, 2.05) is 12.1 Å². The number of aryl methyl sites for hydroxylation is 1. The van der Waals surface area contributed by atoms with Crippen LogP contribution in [-0.2, 0) is 5.88 Å². The highest BCUT2D eigenvalue weighted by Crippen LogP contribution is 2.28. The molecule has 19 heavy (non-hydrogen) atoms. The molecule has 0 N–H and O–H groups in total. The molecule has 0 heterocycles. The minimum absolute atomic E-state index is 0.0472. The number of ether oxygens (including phenoxy) is 1. The zero-order chi connectivity index (χ0) is 13.8. The van der Waals surface area contributed by atoms with E-state index in [0.717, 1.165) is 5.56 Å². The third-order valence-corrected chi connectivity index (χ3v) is 2.97. The first-order chi connectivity index (χ1) is 9.10. The largest absolute Gasteiger partial charge is 0.457 e. The molecule has 0 saturated carbocycles. The molecule has 0 fully saturated rings. The molecule has 0 saturated heterocycles. The monoisotopic (exact) mass is 277 g/mol. The van der Waals surface area contributed by atoms with Crippen LogP contribution in [0.25, 0.3) is 0 Å². The lowest BCUT2D eigenvalue weighted by molar-refractivity contribution is -0.385. The second-order valence-corrected chi connectivity index (χ2v) is 4.36. The summed E-state index contributed by atoms with van der Waals surface area (Å²) in [5.41, 5.74) is 1.58. The molecule has 2 aromatic carbocycles. The van der Waals surface area contributed by atoms with Gasteiger partial charge in [-0.1, -0.05) is 12.1 Å². The molecule has 0 radical (unpaired) electrons. The van der Waals surface area contributed by atoms with Crippen LogP contribution < -0.4 is 4.74 Å². The molecule has 2 rings (SSSR count). The number of rotatable bonds is 4. The molecule has 0 bridgehead atoms. The Balaban J connectivity index is 2.28. The van der Waals surface area contributed by atoms with Gasteiger partial charge in [-0.05, 0) is 36.8 Å². The molecule has 0 amide bonds. The van der Waals surface area contributed by atoms with E-state index >= 15 is 0 Å². The van der Waals surface area contributed by atoms with Crippen molar-refractivity contribution in [3.8, 4) is 11.5 Å². The molecule has 2 aromatic rings. The number of nitro groups is 1. The van der Waals surface area contributed by atoms with Gasteiger partial charge in [0.15, 0.2) is 0 Å². The van der Waals surface area contributed by atoms with Gasteiger partial charge in [-0.3, -0.25) is 10.1 Å². The van der Waals surface area contributed by atoms with Gasteiger partial charge in [0, 0.05) is 11.4 Å². The Labute approximate surface area is 115 Å². The minimum atomic E-state index is -0.419. The van der Waals surface area contributed by atoms with Crippen LogP contribution in [0.15, 0.2) is 42.5 Å². The first-order valence-electron chi connectivity index (χ1n) is 5.68. The third kappa shape index (κ3) is 3.23.